The maximum Gasteiger partial charge on any atom is 0.408 e. The number of carboxylic acid groups (broad SMARTS) is 1. The molecule has 34 heteroatoms. The highest BCUT2D eigenvalue weighted by Crippen LogP contribution is 2.49. The van der Waals surface area contributed by atoms with E-state index in [0.717, 1.165) is 72.8 Å². The van der Waals surface area contributed by atoms with Crippen LogP contribution in [-0.4, -0.2) is 184 Å². The molecule has 0 radical (unpaired) electrons. The van der Waals surface area contributed by atoms with Crippen molar-refractivity contribution in [2.45, 2.75) is 151 Å². The van der Waals surface area contributed by atoms with Crippen molar-refractivity contribution in [3.8, 4) is 34.5 Å². The van der Waals surface area contributed by atoms with Gasteiger partial charge in [-0.1, -0.05) is 55.2 Å². The summed E-state index contributed by atoms with van der Waals surface area (Å²) in [4.78, 5) is 130. The number of fused-ring (bicyclic) bond motifs is 14. The van der Waals surface area contributed by atoms with Crippen LogP contribution in [0.3, 0.4) is 0 Å². The molecule has 7 aliphatic rings. The molecule has 1 saturated heterocycles. The van der Waals surface area contributed by atoms with Crippen molar-refractivity contribution in [3.05, 3.63) is 122 Å². The number of aromatic hydroxyl groups is 1. The number of aliphatic hydroxyl groups excluding tert-OH is 8. The second kappa shape index (κ2) is 29.2. The lowest BCUT2D eigenvalue weighted by Gasteiger charge is -2.39. The third kappa shape index (κ3) is 16.1. The van der Waals surface area contributed by atoms with E-state index in [0.29, 0.717) is 0 Å². The fourth-order valence-corrected chi connectivity index (χ4v) is 11.8. The molecule has 97 heavy (non-hydrogen) atoms. The smallest absolute Gasteiger partial charge is 0.408 e. The number of benzene rings is 4. The van der Waals surface area contributed by atoms with Gasteiger partial charge in [0.1, 0.15) is 108 Å². The Hall–Kier alpha value is -9.35. The molecule has 1 fully saturated rings. The first-order valence-electron chi connectivity index (χ1n) is 30.1. The molecule has 19 N–H and O–H groups in total. The summed E-state index contributed by atoms with van der Waals surface area (Å²) in [7, 11) is 0. The highest BCUT2D eigenvalue weighted by atomic mass is 35.5. The number of ether oxygens (including phenoxy) is 5. The van der Waals surface area contributed by atoms with E-state index >= 15 is 14.4 Å². The standard InChI is InChI=1S/C63H70Cl2N8O24/c1-22(2)12-32(68-62(92)97-63(3,4)5)54(84)72-46-48(79)24-7-10-36(30(64)14-24)93-38-16-26-17-39(53(38)96-61-52(83)51(82)50(81)40(21-74)95-61)94-37-11-8-25(15-31(37)65)49(80)47-59(89)71-45(60(90)91)29-18-27(75)19-35(77)42(29)28-13-23(6-9-34(28)76)43(56(86)73-47)70-57(87)44(26)69-55(85)33(20-41(66)78)67-58(46)88/h6-11,13-17,19,22,27,32-33,40,43-52,61,74-77,79-83H,12,18,20-21H2,1-5H3,(H2,66,78)(H,67,88)(H,68,92)(H,69,85)(H,70,87)(H,71,89)(H,72,84)(H,73,86)(H,90,91)/t27?,32?,33-,40?,43+,44+,45-,46+,47+,48+,49+,50?,51?,52?,61?/m0/s1. The number of carbonyl (C=O) groups excluding carboxylic acids is 8. The zero-order valence-electron chi connectivity index (χ0n) is 52.0. The molecule has 11 rings (SSSR count). The van der Waals surface area contributed by atoms with Crippen LogP contribution in [-0.2, 0) is 47.8 Å². The van der Waals surface area contributed by atoms with E-state index in [9.17, 15) is 79.8 Å². The summed E-state index contributed by atoms with van der Waals surface area (Å²) in [6.07, 6.45) is -17.8. The van der Waals surface area contributed by atoms with E-state index in [-0.39, 0.29) is 34.8 Å². The largest absolute Gasteiger partial charge is 0.508 e. The number of phenolic OH excluding ortho intramolecular Hbond substituents is 1. The molecule has 520 valence electrons. The average Bonchev–Trinajstić information content (AvgIpc) is 0.772. The number of hydrogen-bond donors (Lipinski definition) is 18. The van der Waals surface area contributed by atoms with Crippen molar-refractivity contribution >= 4 is 82.2 Å². The zero-order chi connectivity index (χ0) is 71.0. The fraction of sp³-hybridized carbons (Fsp3) is 0.413. The average molecular weight is 1390 g/mol. The van der Waals surface area contributed by atoms with Crippen LogP contribution in [0, 0.1) is 5.92 Å². The molecule has 6 heterocycles. The van der Waals surface area contributed by atoms with Gasteiger partial charge in [0.05, 0.1) is 29.2 Å². The summed E-state index contributed by atoms with van der Waals surface area (Å²) in [6.45, 7) is 7.14. The van der Waals surface area contributed by atoms with Crippen molar-refractivity contribution in [2.75, 3.05) is 6.61 Å². The first-order chi connectivity index (χ1) is 45.6. The van der Waals surface area contributed by atoms with Gasteiger partial charge in [0, 0.05) is 17.6 Å². The summed E-state index contributed by atoms with van der Waals surface area (Å²) in [6, 6.07) is -3.18. The summed E-state index contributed by atoms with van der Waals surface area (Å²) in [5.41, 5.74) is 1.99. The van der Waals surface area contributed by atoms with E-state index in [2.05, 4.69) is 37.2 Å². The Balaban J connectivity index is 1.29. The fourth-order valence-electron chi connectivity index (χ4n) is 11.3. The maximum absolute atomic E-state index is 15.9. The first kappa shape index (κ1) is 71.9. The summed E-state index contributed by atoms with van der Waals surface area (Å²) >= 11 is 13.9. The van der Waals surface area contributed by atoms with Crippen LogP contribution in [0.4, 0.5) is 4.79 Å². The number of amides is 8. The highest BCUT2D eigenvalue weighted by Gasteiger charge is 2.47. The number of rotatable bonds is 11. The molecule has 7 unspecified atom stereocenters. The van der Waals surface area contributed by atoms with Crippen LogP contribution in [0.2, 0.25) is 10.0 Å². The summed E-state index contributed by atoms with van der Waals surface area (Å²) in [5.74, 6) is -15.9. The monoisotopic (exact) mass is 1390 g/mol. The molecule has 0 aromatic heterocycles. The van der Waals surface area contributed by atoms with Gasteiger partial charge >= 0.3 is 12.1 Å². The highest BCUT2D eigenvalue weighted by molar-refractivity contribution is 6.32. The number of phenols is 1. The minimum absolute atomic E-state index is 0.0791. The lowest BCUT2D eigenvalue weighted by molar-refractivity contribution is -0.277. The van der Waals surface area contributed by atoms with Gasteiger partial charge in [0.15, 0.2) is 11.5 Å². The number of aliphatic hydroxyl groups is 8. The number of halogens is 2. The molecule has 11 bridgehead atoms. The van der Waals surface area contributed by atoms with E-state index < -0.39 is 237 Å². The Morgan fingerprint density at radius 1 is 0.701 bits per heavy atom. The van der Waals surface area contributed by atoms with Crippen LogP contribution >= 0.6 is 23.2 Å². The van der Waals surface area contributed by atoms with Crippen molar-refractivity contribution in [2.24, 2.45) is 11.7 Å². The Morgan fingerprint density at radius 2 is 1.29 bits per heavy atom. The SMILES string of the molecule is CC(C)CC(NC(=O)OC(C)(C)C)C(=O)N[C@H]1C(=O)N[C@@H](CC(N)=O)C(=O)N[C@H]2C(=O)N[C@H]3C(=O)N[C@@H](C(=O)N[C@H](C(=O)O)C4=C(C(O)=CC(O)C4)c4cc3ccc4O)[C@H](O)c3ccc(c(Cl)c3)Oc3cc2cc(c3OC2OC(CO)C(O)C(O)C2O)Oc2ccc(cc2Cl)[C@H]1O. The van der Waals surface area contributed by atoms with Crippen molar-refractivity contribution in [3.63, 3.8) is 0 Å². The number of primary amides is 1. The second-order valence-corrected chi connectivity index (χ2v) is 25.6. The predicted molar refractivity (Wildman–Crippen MR) is 334 cm³/mol. The lowest BCUT2D eigenvalue weighted by atomic mass is 9.83. The number of alkyl carbamates (subject to hydrolysis) is 1. The Kier molecular flexibility index (Phi) is 21.6. The quantitative estimate of drug-likeness (QED) is 0.0965. The first-order valence-corrected chi connectivity index (χ1v) is 30.8. The summed E-state index contributed by atoms with van der Waals surface area (Å²) in [5, 5.41) is 128. The molecule has 1 aliphatic carbocycles. The molecule has 6 aliphatic heterocycles. The number of carbonyl (C=O) groups is 9. The molecular weight excluding hydrogens is 1320 g/mol. The number of nitrogens with two attached hydrogens (primary N) is 1. The molecule has 32 nitrogen and oxygen atoms in total. The third-order valence-electron chi connectivity index (χ3n) is 16.0. The van der Waals surface area contributed by atoms with Crippen LogP contribution in [0.5, 0.6) is 34.5 Å². The van der Waals surface area contributed by atoms with E-state index in [1.807, 2.05) is 0 Å². The van der Waals surface area contributed by atoms with Gasteiger partial charge in [-0.05, 0) is 116 Å². The number of allylic oxidation sites excluding steroid dienone is 1. The molecule has 4 aromatic carbocycles. The zero-order valence-corrected chi connectivity index (χ0v) is 53.5. The maximum atomic E-state index is 15.9. The molecule has 15 atom stereocenters. The molecule has 4 aromatic rings. The third-order valence-corrected chi connectivity index (χ3v) is 16.6. The van der Waals surface area contributed by atoms with Gasteiger partial charge < -0.3 is 118 Å². The van der Waals surface area contributed by atoms with Crippen LogP contribution in [0.1, 0.15) is 106 Å². The van der Waals surface area contributed by atoms with Crippen LogP contribution in [0.15, 0.2) is 84.1 Å². The topological polar surface area (TPSA) is 512 Å². The Bertz CT molecular complexity index is 3880. The molecule has 8 amide bonds. The lowest BCUT2D eigenvalue weighted by Crippen LogP contribution is -2.60. The van der Waals surface area contributed by atoms with Gasteiger partial charge in [-0.25, -0.2) is 9.59 Å². The predicted octanol–water partition coefficient (Wildman–Crippen LogP) is 0.383. The number of aliphatic carboxylic acids is 1. The summed E-state index contributed by atoms with van der Waals surface area (Å²) < 4.78 is 30.3. The molecule has 0 spiro atoms. The Labute approximate surface area is 560 Å². The van der Waals surface area contributed by atoms with Crippen LogP contribution in [0.25, 0.3) is 5.57 Å². The second-order valence-electron chi connectivity index (χ2n) is 24.8. The van der Waals surface area contributed by atoms with Gasteiger partial charge in [-0.3, -0.25) is 33.6 Å². The molecular formula is C63H70Cl2N8O24. The van der Waals surface area contributed by atoms with Crippen LogP contribution < -0.4 is 57.2 Å². The van der Waals surface area contributed by atoms with Gasteiger partial charge in [-0.2, -0.15) is 0 Å². The van der Waals surface area contributed by atoms with Gasteiger partial charge in [0.25, 0.3) is 0 Å². The van der Waals surface area contributed by atoms with E-state index in [4.69, 9.17) is 52.6 Å². The minimum Gasteiger partial charge on any atom is -0.508 e. The van der Waals surface area contributed by atoms with Crippen molar-refractivity contribution in [1.29, 1.82) is 0 Å². The number of carboxylic acids is 1. The van der Waals surface area contributed by atoms with Gasteiger partial charge in [0.2, 0.25) is 53.4 Å². The number of hydrogen-bond acceptors (Lipinski definition) is 23. The van der Waals surface area contributed by atoms with E-state index in [1.165, 1.54) is 0 Å². The number of nitrogens with one attached hydrogen (secondary N) is 7. The van der Waals surface area contributed by atoms with Crippen molar-refractivity contribution in [1.82, 2.24) is 37.2 Å². The minimum atomic E-state index is -2.35. The van der Waals surface area contributed by atoms with E-state index in [1.54, 1.807) is 34.6 Å². The molecule has 0 saturated carbocycles. The van der Waals surface area contributed by atoms with Crippen molar-refractivity contribution < 1.29 is 118 Å². The normalized spacial score (nSPS) is 27.2. The Morgan fingerprint density at radius 3 is 1.87 bits per heavy atom. The van der Waals surface area contributed by atoms with Gasteiger partial charge in [-0.15, -0.1) is 0 Å².